The molecule has 0 aliphatic carbocycles. The maximum absolute atomic E-state index is 12.4. The number of amides is 1. The van der Waals surface area contributed by atoms with Crippen molar-refractivity contribution in [3.05, 3.63) is 58.9 Å². The van der Waals surface area contributed by atoms with Gasteiger partial charge in [-0.2, -0.15) is 0 Å². The molecular formula is C22H25N3O3. The lowest BCUT2D eigenvalue weighted by molar-refractivity contribution is -0.121. The number of hydrogen-bond donors (Lipinski definition) is 1. The molecule has 6 nitrogen and oxygen atoms in total. The topological polar surface area (TPSA) is 71.5 Å². The zero-order valence-electron chi connectivity index (χ0n) is 16.1. The van der Waals surface area contributed by atoms with E-state index in [-0.39, 0.29) is 17.8 Å². The van der Waals surface area contributed by atoms with E-state index in [1.165, 1.54) is 11.1 Å². The smallest absolute Gasteiger partial charge is 0.338 e. The average molecular weight is 379 g/mol. The van der Waals surface area contributed by atoms with E-state index in [1.807, 2.05) is 18.2 Å². The van der Waals surface area contributed by atoms with Crippen molar-refractivity contribution in [3.63, 3.8) is 0 Å². The molecular weight excluding hydrogens is 354 g/mol. The second-order valence-electron chi connectivity index (χ2n) is 7.54. The van der Waals surface area contributed by atoms with Gasteiger partial charge >= 0.3 is 5.97 Å². The molecule has 6 heteroatoms. The van der Waals surface area contributed by atoms with Crippen LogP contribution >= 0.6 is 0 Å². The lowest BCUT2D eigenvalue weighted by Crippen LogP contribution is -2.39. The summed E-state index contributed by atoms with van der Waals surface area (Å²) in [4.78, 5) is 30.5. The van der Waals surface area contributed by atoms with Crippen molar-refractivity contribution >= 4 is 17.6 Å². The van der Waals surface area contributed by atoms with Crippen LogP contribution in [0.1, 0.15) is 39.9 Å². The quantitative estimate of drug-likeness (QED) is 0.809. The fourth-order valence-corrected chi connectivity index (χ4v) is 4.05. The second-order valence-corrected chi connectivity index (χ2v) is 7.54. The first kappa shape index (κ1) is 18.6. The minimum Gasteiger partial charge on any atom is -0.457 e. The highest BCUT2D eigenvalue weighted by molar-refractivity contribution is 5.94. The largest absolute Gasteiger partial charge is 0.457 e. The number of benzene rings is 1. The van der Waals surface area contributed by atoms with Crippen LogP contribution in [0, 0.1) is 12.8 Å². The summed E-state index contributed by atoms with van der Waals surface area (Å²) in [5, 5.41) is 2.98. The van der Waals surface area contributed by atoms with Crippen LogP contribution in [0.2, 0.25) is 0 Å². The van der Waals surface area contributed by atoms with Gasteiger partial charge in [0, 0.05) is 36.1 Å². The first-order chi connectivity index (χ1) is 13.6. The highest BCUT2D eigenvalue weighted by Gasteiger charge is 2.26. The summed E-state index contributed by atoms with van der Waals surface area (Å²) in [6.07, 6.45) is 6.06. The van der Waals surface area contributed by atoms with Gasteiger partial charge in [-0.1, -0.05) is 6.07 Å². The number of nitrogens with one attached hydrogen (secondary N) is 1. The van der Waals surface area contributed by atoms with Gasteiger partial charge in [-0.25, -0.2) is 4.79 Å². The van der Waals surface area contributed by atoms with Gasteiger partial charge in [0.15, 0.2) is 0 Å². The summed E-state index contributed by atoms with van der Waals surface area (Å²) in [6, 6.07) is 7.56. The van der Waals surface area contributed by atoms with Gasteiger partial charge in [0.2, 0.25) is 5.91 Å². The van der Waals surface area contributed by atoms with Gasteiger partial charge in [0.05, 0.1) is 5.56 Å². The lowest BCUT2D eigenvalue weighted by Gasteiger charge is -2.31. The number of likely N-dealkylation sites (tertiary alicyclic amines) is 1. The Morgan fingerprint density at radius 3 is 2.71 bits per heavy atom. The van der Waals surface area contributed by atoms with Gasteiger partial charge in [-0.05, 0) is 68.6 Å². The third-order valence-corrected chi connectivity index (χ3v) is 5.88. The zero-order chi connectivity index (χ0) is 19.5. The number of aromatic nitrogens is 1. The number of carbonyl (C=O) groups excluding carboxylic acids is 2. The van der Waals surface area contributed by atoms with Crippen LogP contribution in [0.3, 0.4) is 0 Å². The number of cyclic esters (lactones) is 1. The summed E-state index contributed by atoms with van der Waals surface area (Å²) in [5.74, 6) is -0.0453. The molecule has 1 aromatic carbocycles. The monoisotopic (exact) mass is 379 g/mol. The Hall–Kier alpha value is -2.73. The average Bonchev–Trinajstić information content (AvgIpc) is 3.10. The molecule has 28 heavy (non-hydrogen) atoms. The van der Waals surface area contributed by atoms with Crippen LogP contribution in [-0.2, 0) is 22.6 Å². The van der Waals surface area contributed by atoms with Gasteiger partial charge in [-0.15, -0.1) is 0 Å². The first-order valence-corrected chi connectivity index (χ1v) is 9.83. The number of anilines is 1. The van der Waals surface area contributed by atoms with Crippen LogP contribution in [0.4, 0.5) is 5.69 Å². The molecule has 2 aliphatic heterocycles. The van der Waals surface area contributed by atoms with E-state index in [0.29, 0.717) is 12.2 Å². The molecule has 2 aromatic rings. The van der Waals surface area contributed by atoms with Crippen molar-refractivity contribution in [2.45, 2.75) is 32.8 Å². The third kappa shape index (κ3) is 3.92. The number of carbonyl (C=O) groups is 2. The van der Waals surface area contributed by atoms with Crippen molar-refractivity contribution in [2.24, 2.45) is 5.92 Å². The molecule has 0 bridgehead atoms. The number of esters is 1. The molecule has 3 heterocycles. The van der Waals surface area contributed by atoms with Crippen LogP contribution in [0.15, 0.2) is 36.7 Å². The zero-order valence-corrected chi connectivity index (χ0v) is 16.1. The predicted octanol–water partition coefficient (Wildman–Crippen LogP) is 2.95. The Morgan fingerprint density at radius 2 is 1.96 bits per heavy atom. The van der Waals surface area contributed by atoms with E-state index in [9.17, 15) is 9.59 Å². The molecule has 1 aromatic heterocycles. The Balaban J connectivity index is 1.27. The number of fused-ring (bicyclic) bond motifs is 1. The molecule has 0 saturated carbocycles. The molecule has 1 amide bonds. The number of piperidine rings is 1. The van der Waals surface area contributed by atoms with Crippen molar-refractivity contribution < 1.29 is 14.3 Å². The number of pyridine rings is 1. The van der Waals surface area contributed by atoms with Crippen molar-refractivity contribution in [1.29, 1.82) is 0 Å². The number of rotatable bonds is 5. The molecule has 2 aliphatic rings. The Labute approximate surface area is 164 Å². The molecule has 0 unspecified atom stereocenters. The summed E-state index contributed by atoms with van der Waals surface area (Å²) in [7, 11) is 0. The fraction of sp³-hybridized carbons (Fsp3) is 0.409. The van der Waals surface area contributed by atoms with Gasteiger partial charge in [-0.3, -0.25) is 9.78 Å². The minimum absolute atomic E-state index is 0.0642. The molecule has 0 radical (unpaired) electrons. The van der Waals surface area contributed by atoms with Crippen molar-refractivity contribution in [2.75, 3.05) is 25.0 Å². The minimum atomic E-state index is -0.211. The summed E-state index contributed by atoms with van der Waals surface area (Å²) in [6.45, 7) is 5.30. The number of nitrogens with zero attached hydrogens (tertiary/aromatic N) is 2. The molecule has 146 valence electrons. The van der Waals surface area contributed by atoms with Crippen LogP contribution < -0.4 is 5.32 Å². The van der Waals surface area contributed by atoms with E-state index in [4.69, 9.17) is 4.74 Å². The second kappa shape index (κ2) is 8.10. The lowest BCUT2D eigenvalue weighted by atomic mass is 9.94. The molecule has 4 rings (SSSR count). The summed E-state index contributed by atoms with van der Waals surface area (Å²) < 4.78 is 5.14. The molecule has 0 atom stereocenters. The predicted molar refractivity (Wildman–Crippen MR) is 106 cm³/mol. The van der Waals surface area contributed by atoms with Gasteiger partial charge < -0.3 is 15.0 Å². The Bertz CT molecular complexity index is 874. The van der Waals surface area contributed by atoms with Crippen molar-refractivity contribution in [3.8, 4) is 0 Å². The van der Waals surface area contributed by atoms with E-state index >= 15 is 0 Å². The molecule has 1 N–H and O–H groups in total. The van der Waals surface area contributed by atoms with Crippen molar-refractivity contribution in [1.82, 2.24) is 9.88 Å². The van der Waals surface area contributed by atoms with Crippen LogP contribution in [-0.4, -0.2) is 41.4 Å². The number of ether oxygens (including phenoxy) is 1. The summed E-state index contributed by atoms with van der Waals surface area (Å²) in [5.41, 5.74) is 5.00. The van der Waals surface area contributed by atoms with E-state index in [1.54, 1.807) is 12.4 Å². The van der Waals surface area contributed by atoms with Crippen LogP contribution in [0.25, 0.3) is 0 Å². The normalized spacial score (nSPS) is 17.2. The highest BCUT2D eigenvalue weighted by atomic mass is 16.5. The first-order valence-electron chi connectivity index (χ1n) is 9.83. The SMILES string of the molecule is Cc1c(CCN2CCC(C(=O)Nc3ccncc3)CC2)ccc2c1COC2=O. The Morgan fingerprint density at radius 1 is 1.21 bits per heavy atom. The van der Waals surface area contributed by atoms with Gasteiger partial charge in [0.25, 0.3) is 0 Å². The Kier molecular flexibility index (Phi) is 5.39. The molecule has 1 fully saturated rings. The molecule has 1 saturated heterocycles. The molecule has 0 spiro atoms. The van der Waals surface area contributed by atoms with E-state index in [0.717, 1.165) is 50.1 Å². The van der Waals surface area contributed by atoms with Gasteiger partial charge in [0.1, 0.15) is 6.61 Å². The number of hydrogen-bond acceptors (Lipinski definition) is 5. The van der Waals surface area contributed by atoms with E-state index in [2.05, 4.69) is 28.2 Å². The standard InChI is InChI=1S/C22H25N3O3/c1-15-16(2-3-19-20(15)14-28-22(19)27)6-11-25-12-7-17(8-13-25)21(26)24-18-4-9-23-10-5-18/h2-5,9-10,17H,6-8,11-14H2,1H3,(H,23,24,26). The third-order valence-electron chi connectivity index (χ3n) is 5.88. The fourth-order valence-electron chi connectivity index (χ4n) is 4.05. The summed E-state index contributed by atoms with van der Waals surface area (Å²) >= 11 is 0. The maximum Gasteiger partial charge on any atom is 0.338 e. The van der Waals surface area contributed by atoms with E-state index < -0.39 is 0 Å². The van der Waals surface area contributed by atoms with Crippen LogP contribution in [0.5, 0.6) is 0 Å². The maximum atomic E-state index is 12.4. The highest BCUT2D eigenvalue weighted by Crippen LogP contribution is 2.26.